The van der Waals surface area contributed by atoms with Crippen LogP contribution in [0.15, 0.2) is 0 Å². The van der Waals surface area contributed by atoms with Crippen LogP contribution in [0.5, 0.6) is 0 Å². The molecule has 2 rings (SSSR count). The molecule has 1 heterocycles. The lowest BCUT2D eigenvalue weighted by molar-refractivity contribution is 0.279. The summed E-state index contributed by atoms with van der Waals surface area (Å²) in [6.07, 6.45) is 2.91. The molecular weight excluding hydrogens is 134 g/mol. The van der Waals surface area contributed by atoms with Crippen LogP contribution in [0.1, 0.15) is 33.6 Å². The summed E-state index contributed by atoms with van der Waals surface area (Å²) >= 11 is 0. The second-order valence-electron chi connectivity index (χ2n) is 5.63. The Morgan fingerprint density at radius 2 is 2.18 bits per heavy atom. The number of fused-ring (bicyclic) bond motifs is 1. The largest absolute Gasteiger partial charge is 0.316 e. The van der Waals surface area contributed by atoms with Gasteiger partial charge in [-0.25, -0.2) is 0 Å². The average Bonchev–Trinajstić information content (AvgIpc) is 2.30. The Bertz CT molecular complexity index is 168. The van der Waals surface area contributed by atoms with Crippen LogP contribution in [0, 0.1) is 16.7 Å². The van der Waals surface area contributed by atoms with E-state index in [1.54, 1.807) is 0 Å². The molecule has 11 heavy (non-hydrogen) atoms. The first-order chi connectivity index (χ1) is 5.02. The normalized spacial score (nSPS) is 42.3. The van der Waals surface area contributed by atoms with Crippen LogP contribution < -0.4 is 5.32 Å². The van der Waals surface area contributed by atoms with Crippen LogP contribution in [0.3, 0.4) is 0 Å². The van der Waals surface area contributed by atoms with E-state index in [-0.39, 0.29) is 0 Å². The van der Waals surface area contributed by atoms with E-state index >= 15 is 0 Å². The van der Waals surface area contributed by atoms with Crippen LogP contribution in [-0.2, 0) is 0 Å². The standard InChI is InChI=1S/C10H19N/c1-9(2,3)6-10-4-8(10)5-11-7-10/h8,11H,4-7H2,1-3H3. The number of hydrogen-bond acceptors (Lipinski definition) is 1. The monoisotopic (exact) mass is 153 g/mol. The average molecular weight is 153 g/mol. The van der Waals surface area contributed by atoms with Gasteiger partial charge in [0.2, 0.25) is 0 Å². The predicted octanol–water partition coefficient (Wildman–Crippen LogP) is 2.03. The van der Waals surface area contributed by atoms with Crippen molar-refractivity contribution in [3.8, 4) is 0 Å². The number of nitrogens with one attached hydrogen (secondary N) is 1. The molecule has 0 radical (unpaired) electrons. The summed E-state index contributed by atoms with van der Waals surface area (Å²) in [7, 11) is 0. The quantitative estimate of drug-likeness (QED) is 0.608. The van der Waals surface area contributed by atoms with Gasteiger partial charge in [0.1, 0.15) is 0 Å². The zero-order valence-corrected chi connectivity index (χ0v) is 7.91. The molecule has 1 saturated heterocycles. The molecule has 1 nitrogen and oxygen atoms in total. The summed E-state index contributed by atoms with van der Waals surface area (Å²) in [6.45, 7) is 9.64. The predicted molar refractivity (Wildman–Crippen MR) is 47.5 cm³/mol. The third kappa shape index (κ3) is 1.31. The van der Waals surface area contributed by atoms with Crippen LogP contribution in [0.25, 0.3) is 0 Å². The second kappa shape index (κ2) is 2.01. The second-order valence-corrected chi connectivity index (χ2v) is 5.63. The summed E-state index contributed by atoms with van der Waals surface area (Å²) in [5, 5.41) is 3.49. The molecule has 1 aliphatic heterocycles. The molecule has 0 aromatic rings. The van der Waals surface area contributed by atoms with Crippen molar-refractivity contribution in [2.24, 2.45) is 16.7 Å². The van der Waals surface area contributed by atoms with E-state index in [2.05, 4.69) is 26.1 Å². The maximum absolute atomic E-state index is 3.49. The zero-order chi connectivity index (χ0) is 8.11. The van der Waals surface area contributed by atoms with Crippen molar-refractivity contribution in [2.45, 2.75) is 33.6 Å². The Hall–Kier alpha value is -0.0400. The van der Waals surface area contributed by atoms with Gasteiger partial charge in [0.05, 0.1) is 0 Å². The Morgan fingerprint density at radius 1 is 1.45 bits per heavy atom. The number of piperidine rings is 1. The fourth-order valence-electron chi connectivity index (χ4n) is 2.77. The van der Waals surface area contributed by atoms with Crippen molar-refractivity contribution >= 4 is 0 Å². The van der Waals surface area contributed by atoms with Gasteiger partial charge in [0.25, 0.3) is 0 Å². The lowest BCUT2D eigenvalue weighted by atomic mass is 9.82. The molecule has 0 bridgehead atoms. The van der Waals surface area contributed by atoms with E-state index < -0.39 is 0 Å². The van der Waals surface area contributed by atoms with Crippen molar-refractivity contribution in [1.82, 2.24) is 5.32 Å². The van der Waals surface area contributed by atoms with Crippen LogP contribution in [0.4, 0.5) is 0 Å². The molecule has 2 fully saturated rings. The minimum atomic E-state index is 0.529. The van der Waals surface area contributed by atoms with Crippen molar-refractivity contribution in [3.05, 3.63) is 0 Å². The van der Waals surface area contributed by atoms with Gasteiger partial charge in [-0.1, -0.05) is 20.8 Å². The molecule has 0 aromatic heterocycles. The smallest absolute Gasteiger partial charge is 0.00114 e. The van der Waals surface area contributed by atoms with Crippen molar-refractivity contribution in [2.75, 3.05) is 13.1 Å². The maximum Gasteiger partial charge on any atom is 0.00114 e. The third-order valence-electron chi connectivity index (χ3n) is 3.11. The van der Waals surface area contributed by atoms with Crippen molar-refractivity contribution < 1.29 is 0 Å². The molecule has 2 unspecified atom stereocenters. The highest BCUT2D eigenvalue weighted by molar-refractivity contribution is 5.10. The van der Waals surface area contributed by atoms with Gasteiger partial charge < -0.3 is 5.32 Å². The Morgan fingerprint density at radius 3 is 2.55 bits per heavy atom. The number of hydrogen-bond donors (Lipinski definition) is 1. The summed E-state index contributed by atoms with van der Waals surface area (Å²) < 4.78 is 0. The molecule has 0 amide bonds. The summed E-state index contributed by atoms with van der Waals surface area (Å²) in [6, 6.07) is 0. The van der Waals surface area contributed by atoms with Crippen molar-refractivity contribution in [3.63, 3.8) is 0 Å². The van der Waals surface area contributed by atoms with E-state index in [1.807, 2.05) is 0 Å². The molecule has 64 valence electrons. The molecule has 2 atom stereocenters. The molecule has 1 saturated carbocycles. The first kappa shape index (κ1) is 7.60. The molecule has 2 aliphatic rings. The fourth-order valence-corrected chi connectivity index (χ4v) is 2.77. The Labute approximate surface area is 69.6 Å². The van der Waals surface area contributed by atoms with E-state index in [4.69, 9.17) is 0 Å². The molecule has 0 aromatic carbocycles. The van der Waals surface area contributed by atoms with E-state index in [9.17, 15) is 0 Å². The van der Waals surface area contributed by atoms with E-state index in [0.29, 0.717) is 5.41 Å². The molecule has 0 spiro atoms. The lowest BCUT2D eigenvalue weighted by Gasteiger charge is -2.24. The molecule has 1 aliphatic carbocycles. The minimum Gasteiger partial charge on any atom is -0.316 e. The van der Waals surface area contributed by atoms with Gasteiger partial charge in [0.15, 0.2) is 0 Å². The lowest BCUT2D eigenvalue weighted by Crippen LogP contribution is -2.21. The maximum atomic E-state index is 3.49. The first-order valence-electron chi connectivity index (χ1n) is 4.73. The Balaban J connectivity index is 1.97. The van der Waals surface area contributed by atoms with Gasteiger partial charge in [-0.2, -0.15) is 0 Å². The molecular formula is C10H19N. The van der Waals surface area contributed by atoms with Gasteiger partial charge in [0, 0.05) is 6.54 Å². The summed E-state index contributed by atoms with van der Waals surface area (Å²) in [4.78, 5) is 0. The van der Waals surface area contributed by atoms with E-state index in [0.717, 1.165) is 11.3 Å². The first-order valence-corrected chi connectivity index (χ1v) is 4.73. The van der Waals surface area contributed by atoms with Crippen LogP contribution >= 0.6 is 0 Å². The minimum absolute atomic E-state index is 0.529. The number of rotatable bonds is 1. The molecule has 1 heteroatoms. The van der Waals surface area contributed by atoms with Gasteiger partial charge >= 0.3 is 0 Å². The third-order valence-corrected chi connectivity index (χ3v) is 3.11. The van der Waals surface area contributed by atoms with Gasteiger partial charge in [-0.05, 0) is 36.1 Å². The van der Waals surface area contributed by atoms with Crippen LogP contribution in [-0.4, -0.2) is 13.1 Å². The highest BCUT2D eigenvalue weighted by Crippen LogP contribution is 2.60. The van der Waals surface area contributed by atoms with Crippen LogP contribution in [0.2, 0.25) is 0 Å². The molecule has 1 N–H and O–H groups in total. The van der Waals surface area contributed by atoms with Gasteiger partial charge in [-0.15, -0.1) is 0 Å². The Kier molecular flexibility index (Phi) is 1.39. The fraction of sp³-hybridized carbons (Fsp3) is 1.00. The van der Waals surface area contributed by atoms with Crippen molar-refractivity contribution in [1.29, 1.82) is 0 Å². The van der Waals surface area contributed by atoms with Gasteiger partial charge in [-0.3, -0.25) is 0 Å². The zero-order valence-electron chi connectivity index (χ0n) is 7.91. The summed E-state index contributed by atoms with van der Waals surface area (Å²) in [5.41, 5.74) is 1.26. The highest BCUT2D eigenvalue weighted by atomic mass is 15.0. The summed E-state index contributed by atoms with van der Waals surface area (Å²) in [5.74, 6) is 1.03. The van der Waals surface area contributed by atoms with E-state index in [1.165, 1.54) is 25.9 Å². The SMILES string of the molecule is CC(C)(C)CC12CNCC1C2. The highest BCUT2D eigenvalue weighted by Gasteiger charge is 2.57. The topological polar surface area (TPSA) is 12.0 Å².